The molecule has 1 heterocycles. The van der Waals surface area contributed by atoms with E-state index in [0.29, 0.717) is 0 Å². The minimum Gasteiger partial charge on any atom is -0.309 e. The fourth-order valence-corrected chi connectivity index (χ4v) is 9.24. The van der Waals surface area contributed by atoms with Crippen molar-refractivity contribution in [3.05, 3.63) is 180 Å². The molecule has 1 aliphatic rings. The van der Waals surface area contributed by atoms with Crippen LogP contribution in [0.1, 0.15) is 22.3 Å². The highest BCUT2D eigenvalue weighted by Crippen LogP contribution is 2.58. The lowest BCUT2D eigenvalue weighted by atomic mass is 9.68. The van der Waals surface area contributed by atoms with E-state index >= 15 is 4.57 Å². The van der Waals surface area contributed by atoms with E-state index in [9.17, 15) is 0 Å². The van der Waals surface area contributed by atoms with Crippen LogP contribution in [0, 0.1) is 0 Å². The summed E-state index contributed by atoms with van der Waals surface area (Å²) in [5.41, 5.74) is 6.27. The smallest absolute Gasteiger partial charge is 0.171 e. The van der Waals surface area contributed by atoms with Gasteiger partial charge in [-0.3, -0.25) is 4.98 Å². The maximum absolute atomic E-state index is 15.7. The Morgan fingerprint density at radius 1 is 0.487 bits per heavy atom. The van der Waals surface area contributed by atoms with Gasteiger partial charge in [0.05, 0.1) is 5.41 Å². The van der Waals surface area contributed by atoms with E-state index in [0.717, 1.165) is 38.2 Å². The van der Waals surface area contributed by atoms with Crippen molar-refractivity contribution in [2.75, 3.05) is 0 Å². The van der Waals surface area contributed by atoms with Crippen molar-refractivity contribution in [1.29, 1.82) is 0 Å². The van der Waals surface area contributed by atoms with Gasteiger partial charge in [-0.05, 0) is 45.5 Å². The third-order valence-corrected chi connectivity index (χ3v) is 11.0. The van der Waals surface area contributed by atoms with Crippen molar-refractivity contribution in [2.45, 2.75) is 5.41 Å². The summed E-state index contributed by atoms with van der Waals surface area (Å²) in [7, 11) is -3.22. The molecule has 0 fully saturated rings. The molecule has 1 unspecified atom stereocenters. The van der Waals surface area contributed by atoms with Crippen molar-refractivity contribution < 1.29 is 4.57 Å². The van der Waals surface area contributed by atoms with Crippen LogP contribution in [0.3, 0.4) is 0 Å². The summed E-state index contributed by atoms with van der Waals surface area (Å²) in [5, 5.41) is 2.54. The van der Waals surface area contributed by atoms with E-state index < -0.39 is 12.6 Å². The van der Waals surface area contributed by atoms with Crippen molar-refractivity contribution in [2.24, 2.45) is 0 Å². The van der Waals surface area contributed by atoms with Gasteiger partial charge in [0, 0.05) is 28.3 Å². The zero-order valence-electron chi connectivity index (χ0n) is 21.3. The number of pyridine rings is 1. The molecule has 186 valence electrons. The van der Waals surface area contributed by atoms with E-state index in [2.05, 4.69) is 89.9 Å². The molecule has 0 radical (unpaired) electrons. The molecule has 39 heavy (non-hydrogen) atoms. The maximum Gasteiger partial charge on any atom is 0.171 e. The van der Waals surface area contributed by atoms with Gasteiger partial charge in [-0.15, -0.1) is 0 Å². The monoisotopic (exact) mass is 519 g/mol. The molecule has 0 saturated heterocycles. The van der Waals surface area contributed by atoms with Crippen LogP contribution >= 0.6 is 7.14 Å². The topological polar surface area (TPSA) is 30.0 Å². The lowest BCUT2D eigenvalue weighted by molar-refractivity contribution is 0.592. The predicted molar refractivity (Wildman–Crippen MR) is 161 cm³/mol. The van der Waals surface area contributed by atoms with Crippen LogP contribution in [0.4, 0.5) is 0 Å². The van der Waals surface area contributed by atoms with Gasteiger partial charge >= 0.3 is 0 Å². The minimum absolute atomic E-state index is 0.565. The van der Waals surface area contributed by atoms with Gasteiger partial charge in [0.1, 0.15) is 0 Å². The number of nitrogens with zero attached hydrogens (tertiary/aromatic N) is 1. The van der Waals surface area contributed by atoms with Gasteiger partial charge in [0.15, 0.2) is 7.14 Å². The second-order valence-corrected chi connectivity index (χ2v) is 12.6. The summed E-state index contributed by atoms with van der Waals surface area (Å²) in [6.07, 6.45) is 3.73. The molecule has 1 aliphatic carbocycles. The van der Waals surface area contributed by atoms with E-state index in [1.807, 2.05) is 73.1 Å². The number of hydrogen-bond donors (Lipinski definition) is 0. The van der Waals surface area contributed by atoms with Crippen LogP contribution in [0.5, 0.6) is 0 Å². The van der Waals surface area contributed by atoms with Gasteiger partial charge < -0.3 is 4.57 Å². The zero-order chi connectivity index (χ0) is 26.3. The number of hydrogen-bond acceptors (Lipinski definition) is 2. The second kappa shape index (κ2) is 9.34. The molecule has 6 aromatic rings. The van der Waals surface area contributed by atoms with Crippen LogP contribution in [-0.4, -0.2) is 4.98 Å². The van der Waals surface area contributed by atoms with Crippen LogP contribution < -0.4 is 15.9 Å². The summed E-state index contributed by atoms with van der Waals surface area (Å²) in [4.78, 5) is 4.35. The Labute approximate surface area is 229 Å². The highest BCUT2D eigenvalue weighted by Gasteiger charge is 2.48. The van der Waals surface area contributed by atoms with E-state index in [-0.39, 0.29) is 0 Å². The third-order valence-electron chi connectivity index (χ3n) is 7.95. The maximum atomic E-state index is 15.7. The van der Waals surface area contributed by atoms with Crippen LogP contribution in [0.15, 0.2) is 158 Å². The normalized spacial score (nSPS) is 15.9. The molecule has 2 nitrogen and oxygen atoms in total. The molecule has 1 atom stereocenters. The third kappa shape index (κ3) is 3.42. The molecule has 0 amide bonds. The molecule has 0 spiro atoms. The molecule has 0 N–H and O–H groups in total. The summed E-state index contributed by atoms with van der Waals surface area (Å²) in [6.45, 7) is 0. The molecular weight excluding hydrogens is 493 g/mol. The Kier molecular flexibility index (Phi) is 5.65. The van der Waals surface area contributed by atoms with Crippen LogP contribution in [0.2, 0.25) is 0 Å². The van der Waals surface area contributed by atoms with Gasteiger partial charge in [0.25, 0.3) is 0 Å². The summed E-state index contributed by atoms with van der Waals surface area (Å²) < 4.78 is 15.7. The van der Waals surface area contributed by atoms with Crippen molar-refractivity contribution in [3.8, 4) is 11.1 Å². The van der Waals surface area contributed by atoms with Gasteiger partial charge in [-0.1, -0.05) is 133 Å². The Hall–Kier alpha value is -4.52. The SMILES string of the molecule is O=P(c1ccccc1)(c1ccccc1)c1cccc2c1-c1ccccc1C2(c1ccccc1)c1ccncc1. The number of fused-ring (bicyclic) bond motifs is 3. The van der Waals surface area contributed by atoms with Crippen molar-refractivity contribution in [3.63, 3.8) is 0 Å². The van der Waals surface area contributed by atoms with Gasteiger partial charge in [-0.25, -0.2) is 0 Å². The van der Waals surface area contributed by atoms with E-state index in [4.69, 9.17) is 0 Å². The standard InChI is InChI=1S/C36H26NOP/c38-39(29-15-6-2-7-16-29,30-17-8-3-9-18-30)34-22-12-21-33-35(34)31-19-10-11-20-32(31)36(33,27-13-4-1-5-14-27)28-23-25-37-26-24-28/h1-26H. The van der Waals surface area contributed by atoms with Gasteiger partial charge in [-0.2, -0.15) is 0 Å². The summed E-state index contributed by atoms with van der Waals surface area (Å²) in [6, 6.07) is 49.7. The first-order valence-corrected chi connectivity index (χ1v) is 14.9. The van der Waals surface area contributed by atoms with E-state index in [1.165, 1.54) is 11.1 Å². The average Bonchev–Trinajstić information content (AvgIpc) is 3.34. The first-order chi connectivity index (χ1) is 19.3. The molecule has 1 aromatic heterocycles. The van der Waals surface area contributed by atoms with Crippen molar-refractivity contribution in [1.82, 2.24) is 4.98 Å². The summed E-state index contributed by atoms with van der Waals surface area (Å²) in [5.74, 6) is 0. The Morgan fingerprint density at radius 3 is 1.64 bits per heavy atom. The highest BCUT2D eigenvalue weighted by molar-refractivity contribution is 7.85. The predicted octanol–water partition coefficient (Wildman–Crippen LogP) is 7.08. The van der Waals surface area contributed by atoms with Gasteiger partial charge in [0.2, 0.25) is 0 Å². The lowest BCUT2D eigenvalue weighted by Gasteiger charge is -2.34. The molecule has 3 heteroatoms. The number of aromatic nitrogens is 1. The van der Waals surface area contributed by atoms with E-state index in [1.54, 1.807) is 0 Å². The number of rotatable bonds is 5. The Balaban J connectivity index is 1.64. The van der Waals surface area contributed by atoms with Crippen LogP contribution in [0.25, 0.3) is 11.1 Å². The second-order valence-electron chi connectivity index (χ2n) is 9.88. The fraction of sp³-hybridized carbons (Fsp3) is 0.0278. The van der Waals surface area contributed by atoms with Crippen molar-refractivity contribution >= 4 is 23.1 Å². The fourth-order valence-electron chi connectivity index (χ4n) is 6.35. The minimum atomic E-state index is -3.22. The quantitative estimate of drug-likeness (QED) is 0.227. The highest BCUT2D eigenvalue weighted by atomic mass is 31.2. The average molecular weight is 520 g/mol. The zero-order valence-corrected chi connectivity index (χ0v) is 22.2. The first-order valence-electron chi connectivity index (χ1n) is 13.2. The summed E-state index contributed by atoms with van der Waals surface area (Å²) >= 11 is 0. The Bertz CT molecular complexity index is 1730. The Morgan fingerprint density at radius 2 is 1.00 bits per heavy atom. The molecule has 5 aromatic carbocycles. The molecule has 0 saturated carbocycles. The largest absolute Gasteiger partial charge is 0.309 e. The lowest BCUT2D eigenvalue weighted by Crippen LogP contribution is -2.30. The molecule has 0 aliphatic heterocycles. The van der Waals surface area contributed by atoms with Crippen LogP contribution in [-0.2, 0) is 9.98 Å². The molecule has 0 bridgehead atoms. The molecular formula is C36H26NOP. The first kappa shape index (κ1) is 23.6. The number of benzene rings is 5. The molecule has 7 rings (SSSR count).